The Kier molecular flexibility index (Phi) is 51.9. The van der Waals surface area contributed by atoms with Gasteiger partial charge < -0.3 is 14.2 Å². The van der Waals surface area contributed by atoms with Crippen molar-refractivity contribution in [1.82, 2.24) is 0 Å². The molecule has 0 fully saturated rings. The van der Waals surface area contributed by atoms with Gasteiger partial charge in [-0.25, -0.2) is 0 Å². The minimum atomic E-state index is -0.794. The summed E-state index contributed by atoms with van der Waals surface area (Å²) in [6.07, 6.45) is 68.8. The van der Waals surface area contributed by atoms with Gasteiger partial charge in [-0.3, -0.25) is 14.4 Å². The maximum absolute atomic E-state index is 12.8. The van der Waals surface area contributed by atoms with Crippen LogP contribution in [0.4, 0.5) is 0 Å². The zero-order valence-electron chi connectivity index (χ0n) is 43.4. The summed E-state index contributed by atoms with van der Waals surface area (Å²) in [6, 6.07) is 0. The van der Waals surface area contributed by atoms with Gasteiger partial charge in [0.25, 0.3) is 0 Å². The van der Waals surface area contributed by atoms with Crippen LogP contribution < -0.4 is 0 Å². The maximum atomic E-state index is 12.8. The van der Waals surface area contributed by atoms with Crippen molar-refractivity contribution >= 4 is 17.9 Å². The third-order valence-electron chi connectivity index (χ3n) is 11.9. The molecule has 0 aromatic heterocycles. The third-order valence-corrected chi connectivity index (χ3v) is 11.9. The highest BCUT2D eigenvalue weighted by Gasteiger charge is 2.19. The minimum absolute atomic E-state index is 0.0915. The molecule has 0 saturated heterocycles. The van der Waals surface area contributed by atoms with Crippen LogP contribution in [0.2, 0.25) is 0 Å². The summed E-state index contributed by atoms with van der Waals surface area (Å²) >= 11 is 0. The molecule has 0 bridgehead atoms. The molecule has 6 heteroatoms. The second-order valence-corrected chi connectivity index (χ2v) is 18.5. The first-order valence-corrected chi connectivity index (χ1v) is 27.9. The Labute approximate surface area is 408 Å². The van der Waals surface area contributed by atoms with Gasteiger partial charge >= 0.3 is 17.9 Å². The lowest BCUT2D eigenvalue weighted by Crippen LogP contribution is -2.30. The zero-order valence-corrected chi connectivity index (χ0v) is 43.4. The second kappa shape index (κ2) is 54.5. The van der Waals surface area contributed by atoms with E-state index in [0.717, 1.165) is 89.9 Å². The van der Waals surface area contributed by atoms with Crippen molar-refractivity contribution in [3.8, 4) is 0 Å². The molecule has 0 aromatic rings. The summed E-state index contributed by atoms with van der Waals surface area (Å²) in [5, 5.41) is 0. The fourth-order valence-electron chi connectivity index (χ4n) is 7.65. The lowest BCUT2D eigenvalue weighted by molar-refractivity contribution is -0.167. The first-order valence-electron chi connectivity index (χ1n) is 27.9. The Morgan fingerprint density at radius 1 is 0.303 bits per heavy atom. The molecule has 0 spiro atoms. The molecule has 6 nitrogen and oxygen atoms in total. The molecule has 0 unspecified atom stereocenters. The standard InChI is InChI=1S/C60H104O6/c1-4-7-10-13-16-19-22-25-27-29-30-32-33-35-38-41-44-47-50-53-59(62)65-56-57(55-64-58(61)52-49-46-43-40-37-24-21-18-15-12-9-6-3)66-60(63)54-51-48-45-42-39-36-34-31-28-26-23-20-17-14-11-8-5-2/h16,18-19,21,25-28,30,32,35,38,57H,4-15,17,20,22-24,29,31,33-34,36-37,39-56H2,1-3H3/b19-16-,21-18-,27-25-,28-26-,32-30-,38-35-/t57-/m1/s1. The highest BCUT2D eigenvalue weighted by molar-refractivity contribution is 5.71. The lowest BCUT2D eigenvalue weighted by atomic mass is 10.1. The Morgan fingerprint density at radius 3 is 0.909 bits per heavy atom. The van der Waals surface area contributed by atoms with Gasteiger partial charge in [0.15, 0.2) is 6.10 Å². The van der Waals surface area contributed by atoms with E-state index in [2.05, 4.69) is 93.7 Å². The van der Waals surface area contributed by atoms with E-state index in [1.807, 2.05) is 0 Å². The van der Waals surface area contributed by atoms with E-state index < -0.39 is 6.10 Å². The number of hydrogen-bond acceptors (Lipinski definition) is 6. The van der Waals surface area contributed by atoms with Crippen LogP contribution in [0.5, 0.6) is 0 Å². The van der Waals surface area contributed by atoms with Gasteiger partial charge in [0.2, 0.25) is 0 Å². The van der Waals surface area contributed by atoms with Gasteiger partial charge in [-0.2, -0.15) is 0 Å². The highest BCUT2D eigenvalue weighted by Crippen LogP contribution is 2.14. The van der Waals surface area contributed by atoms with Crippen LogP contribution in [0.25, 0.3) is 0 Å². The number of carbonyl (C=O) groups is 3. The summed E-state index contributed by atoms with van der Waals surface area (Å²) in [5.41, 5.74) is 0. The number of hydrogen-bond donors (Lipinski definition) is 0. The number of ether oxygens (including phenoxy) is 3. The van der Waals surface area contributed by atoms with E-state index in [9.17, 15) is 14.4 Å². The SMILES string of the molecule is CCCCC/C=C\C/C=C\C/C=C\C/C=C\CCCCCC(=O)OC[C@@H](COC(=O)CCCCCCC/C=C\CCCCC)OC(=O)CCCCCCCCC/C=C\CCCCCCCC. The van der Waals surface area contributed by atoms with Crippen molar-refractivity contribution in [2.75, 3.05) is 13.2 Å². The van der Waals surface area contributed by atoms with Crippen molar-refractivity contribution in [3.05, 3.63) is 72.9 Å². The molecule has 66 heavy (non-hydrogen) atoms. The van der Waals surface area contributed by atoms with Crippen molar-refractivity contribution < 1.29 is 28.6 Å². The molecule has 380 valence electrons. The molecule has 0 N–H and O–H groups in total. The lowest BCUT2D eigenvalue weighted by Gasteiger charge is -2.18. The smallest absolute Gasteiger partial charge is 0.306 e. The Bertz CT molecular complexity index is 1240. The van der Waals surface area contributed by atoms with Crippen LogP contribution in [-0.2, 0) is 28.6 Å². The quantitative estimate of drug-likeness (QED) is 0.0262. The number of allylic oxidation sites excluding steroid dienone is 12. The Hall–Kier alpha value is -3.15. The summed E-state index contributed by atoms with van der Waals surface area (Å²) < 4.78 is 16.8. The van der Waals surface area contributed by atoms with E-state index >= 15 is 0 Å². The first-order chi connectivity index (χ1) is 32.5. The van der Waals surface area contributed by atoms with Gasteiger partial charge in [-0.05, 0) is 116 Å². The van der Waals surface area contributed by atoms with Crippen molar-refractivity contribution in [2.45, 2.75) is 277 Å². The van der Waals surface area contributed by atoms with Crippen molar-refractivity contribution in [1.29, 1.82) is 0 Å². The molecule has 0 aliphatic carbocycles. The molecule has 0 heterocycles. The molecule has 0 aliphatic heterocycles. The van der Waals surface area contributed by atoms with Gasteiger partial charge in [0, 0.05) is 19.3 Å². The fourth-order valence-corrected chi connectivity index (χ4v) is 7.65. The van der Waals surface area contributed by atoms with Gasteiger partial charge in [-0.15, -0.1) is 0 Å². The first kappa shape index (κ1) is 62.8. The molecule has 0 aromatic carbocycles. The maximum Gasteiger partial charge on any atom is 0.306 e. The topological polar surface area (TPSA) is 78.9 Å². The molecule has 1 atom stereocenters. The molecule has 0 amide bonds. The van der Waals surface area contributed by atoms with E-state index in [1.165, 1.54) is 141 Å². The van der Waals surface area contributed by atoms with E-state index in [-0.39, 0.29) is 31.1 Å². The monoisotopic (exact) mass is 921 g/mol. The van der Waals surface area contributed by atoms with Gasteiger partial charge in [-0.1, -0.05) is 209 Å². The largest absolute Gasteiger partial charge is 0.462 e. The second-order valence-electron chi connectivity index (χ2n) is 18.5. The predicted molar refractivity (Wildman–Crippen MR) is 284 cm³/mol. The van der Waals surface area contributed by atoms with E-state index in [4.69, 9.17) is 14.2 Å². The van der Waals surface area contributed by atoms with Crippen molar-refractivity contribution in [2.24, 2.45) is 0 Å². The number of unbranched alkanes of at least 4 members (excludes halogenated alkanes) is 27. The molecular weight excluding hydrogens is 817 g/mol. The van der Waals surface area contributed by atoms with Crippen LogP contribution in [-0.4, -0.2) is 37.2 Å². The number of carbonyl (C=O) groups excluding carboxylic acids is 3. The van der Waals surface area contributed by atoms with Crippen LogP contribution in [0.1, 0.15) is 271 Å². The summed E-state index contributed by atoms with van der Waals surface area (Å²) in [6.45, 7) is 6.55. The van der Waals surface area contributed by atoms with Crippen molar-refractivity contribution in [3.63, 3.8) is 0 Å². The zero-order chi connectivity index (χ0) is 47.9. The van der Waals surface area contributed by atoms with Crippen LogP contribution in [0.3, 0.4) is 0 Å². The van der Waals surface area contributed by atoms with Gasteiger partial charge in [0.05, 0.1) is 0 Å². The predicted octanol–water partition coefficient (Wildman–Crippen LogP) is 18.6. The van der Waals surface area contributed by atoms with Crippen LogP contribution in [0, 0.1) is 0 Å². The van der Waals surface area contributed by atoms with Gasteiger partial charge in [0.1, 0.15) is 13.2 Å². The highest BCUT2D eigenvalue weighted by atomic mass is 16.6. The summed E-state index contributed by atoms with van der Waals surface area (Å²) in [5.74, 6) is -0.931. The molecular formula is C60H104O6. The molecule has 0 aliphatic rings. The van der Waals surface area contributed by atoms with E-state index in [1.54, 1.807) is 0 Å². The normalized spacial score (nSPS) is 12.6. The third kappa shape index (κ3) is 51.8. The summed E-state index contributed by atoms with van der Waals surface area (Å²) in [7, 11) is 0. The van der Waals surface area contributed by atoms with Crippen LogP contribution >= 0.6 is 0 Å². The molecule has 0 radical (unpaired) electrons. The fraction of sp³-hybridized carbons (Fsp3) is 0.750. The minimum Gasteiger partial charge on any atom is -0.462 e. The average molecular weight is 921 g/mol. The van der Waals surface area contributed by atoms with Crippen LogP contribution in [0.15, 0.2) is 72.9 Å². The Morgan fingerprint density at radius 2 is 0.545 bits per heavy atom. The average Bonchev–Trinajstić information content (AvgIpc) is 3.31. The van der Waals surface area contributed by atoms with E-state index in [0.29, 0.717) is 19.3 Å². The Balaban J connectivity index is 4.43. The molecule has 0 rings (SSSR count). The summed E-state index contributed by atoms with van der Waals surface area (Å²) in [4.78, 5) is 38.1. The number of esters is 3. The molecule has 0 saturated carbocycles. The number of rotatable bonds is 50.